The zero-order valence-corrected chi connectivity index (χ0v) is 7.73. The lowest BCUT2D eigenvalue weighted by molar-refractivity contribution is 0.465. The molecule has 0 saturated heterocycles. The maximum absolute atomic E-state index is 5.45. The van der Waals surface area contributed by atoms with Crippen molar-refractivity contribution in [1.82, 2.24) is 0 Å². The van der Waals surface area contributed by atoms with Crippen LogP contribution in [0.15, 0.2) is 48.7 Å². The van der Waals surface area contributed by atoms with Crippen LogP contribution >= 0.6 is 0 Å². The van der Waals surface area contributed by atoms with Crippen molar-refractivity contribution in [2.24, 2.45) is 0 Å². The van der Waals surface area contributed by atoms with E-state index in [1.165, 1.54) is 16.3 Å². The summed E-state index contributed by atoms with van der Waals surface area (Å²) in [4.78, 5) is 0. The fraction of sp³-hybridized carbons (Fsp3) is 0.0769. The van der Waals surface area contributed by atoms with E-state index in [0.29, 0.717) is 0 Å². The Morgan fingerprint density at radius 1 is 1.00 bits per heavy atom. The van der Waals surface area contributed by atoms with E-state index < -0.39 is 0 Å². The molecular weight excluding hydrogens is 172 g/mol. The maximum Gasteiger partial charge on any atom is 0.130 e. The molecule has 0 unspecified atom stereocenters. The Morgan fingerprint density at radius 3 is 2.64 bits per heavy atom. The van der Waals surface area contributed by atoms with Crippen LogP contribution in [0.4, 0.5) is 0 Å². The van der Waals surface area contributed by atoms with E-state index in [-0.39, 0.29) is 0 Å². The summed E-state index contributed by atoms with van der Waals surface area (Å²) in [6.07, 6.45) is 4.77. The predicted molar refractivity (Wildman–Crippen MR) is 57.4 cm³/mol. The van der Waals surface area contributed by atoms with Gasteiger partial charge in [0.15, 0.2) is 0 Å². The number of benzene rings is 2. The molecule has 2 aromatic rings. The van der Waals surface area contributed by atoms with Crippen LogP contribution in [0.2, 0.25) is 0 Å². The van der Waals surface area contributed by atoms with Crippen LogP contribution in [-0.2, 0) is 6.42 Å². The normalized spacial score (nSPS) is 13.7. The number of rotatable bonds is 0. The van der Waals surface area contributed by atoms with Crippen molar-refractivity contribution in [1.29, 1.82) is 0 Å². The van der Waals surface area contributed by atoms with Gasteiger partial charge in [0.25, 0.3) is 0 Å². The minimum Gasteiger partial charge on any atom is -0.465 e. The largest absolute Gasteiger partial charge is 0.465 e. The van der Waals surface area contributed by atoms with Gasteiger partial charge in [-0.25, -0.2) is 0 Å². The molecule has 1 aliphatic heterocycles. The van der Waals surface area contributed by atoms with E-state index in [1.54, 1.807) is 6.26 Å². The third-order valence-corrected chi connectivity index (χ3v) is 2.56. The summed E-state index contributed by atoms with van der Waals surface area (Å²) >= 11 is 0. The van der Waals surface area contributed by atoms with Crippen molar-refractivity contribution < 1.29 is 4.74 Å². The van der Waals surface area contributed by atoms with Crippen molar-refractivity contribution in [3.63, 3.8) is 0 Å². The molecule has 2 aromatic carbocycles. The third-order valence-electron chi connectivity index (χ3n) is 2.56. The molecule has 0 amide bonds. The molecule has 68 valence electrons. The average Bonchev–Trinajstić information content (AvgIpc) is 2.26. The third kappa shape index (κ3) is 1.10. The van der Waals surface area contributed by atoms with Gasteiger partial charge in [0.1, 0.15) is 5.75 Å². The molecule has 0 spiro atoms. The van der Waals surface area contributed by atoms with Gasteiger partial charge in [0.2, 0.25) is 0 Å². The average molecular weight is 182 g/mol. The quantitative estimate of drug-likeness (QED) is 0.607. The zero-order valence-electron chi connectivity index (χ0n) is 7.73. The molecule has 1 heterocycles. The van der Waals surface area contributed by atoms with Crippen LogP contribution in [0.25, 0.3) is 10.8 Å². The monoisotopic (exact) mass is 182 g/mol. The van der Waals surface area contributed by atoms with Gasteiger partial charge < -0.3 is 4.74 Å². The van der Waals surface area contributed by atoms with Gasteiger partial charge in [0.05, 0.1) is 6.26 Å². The molecular formula is C13H10O. The highest BCUT2D eigenvalue weighted by molar-refractivity contribution is 5.85. The minimum absolute atomic E-state index is 0.972. The maximum atomic E-state index is 5.45. The molecule has 0 bridgehead atoms. The lowest BCUT2D eigenvalue weighted by Gasteiger charge is -2.12. The van der Waals surface area contributed by atoms with Crippen molar-refractivity contribution >= 4 is 10.8 Å². The van der Waals surface area contributed by atoms with Crippen molar-refractivity contribution in [2.75, 3.05) is 0 Å². The fourth-order valence-corrected chi connectivity index (χ4v) is 1.83. The number of fused-ring (bicyclic) bond motifs is 2. The molecule has 0 aliphatic carbocycles. The fourth-order valence-electron chi connectivity index (χ4n) is 1.83. The van der Waals surface area contributed by atoms with Gasteiger partial charge >= 0.3 is 0 Å². The van der Waals surface area contributed by atoms with Crippen molar-refractivity contribution in [3.8, 4) is 5.75 Å². The first-order valence-corrected chi connectivity index (χ1v) is 4.77. The second-order valence-electron chi connectivity index (χ2n) is 3.50. The summed E-state index contributed by atoms with van der Waals surface area (Å²) in [5.74, 6) is 0.992. The molecule has 0 saturated carbocycles. The van der Waals surface area contributed by atoms with E-state index in [1.807, 2.05) is 12.1 Å². The smallest absolute Gasteiger partial charge is 0.130 e. The lowest BCUT2D eigenvalue weighted by Crippen LogP contribution is -1.95. The van der Waals surface area contributed by atoms with Gasteiger partial charge in [-0.05, 0) is 41.0 Å². The summed E-state index contributed by atoms with van der Waals surface area (Å²) in [5.41, 5.74) is 1.27. The van der Waals surface area contributed by atoms with E-state index in [9.17, 15) is 0 Å². The zero-order chi connectivity index (χ0) is 9.38. The first kappa shape index (κ1) is 7.63. The Labute approximate surface area is 82.6 Å². The number of hydrogen-bond donors (Lipinski definition) is 0. The standard InChI is InChI=1S/C13H10O/c1-2-5-11-9-13-12(6-3-7-14-13)8-10(11)4-1/h1-5,7-9H,6H2. The molecule has 0 atom stereocenters. The Morgan fingerprint density at radius 2 is 1.79 bits per heavy atom. The summed E-state index contributed by atoms with van der Waals surface area (Å²) < 4.78 is 5.45. The number of allylic oxidation sites excluding steroid dienone is 1. The SMILES string of the molecule is C1=COc2cc3ccccc3cc2C1. The van der Waals surface area contributed by atoms with Crippen LogP contribution in [0.1, 0.15) is 5.56 Å². The van der Waals surface area contributed by atoms with Gasteiger partial charge in [-0.1, -0.05) is 24.3 Å². The molecule has 1 aliphatic rings. The molecule has 1 heteroatoms. The van der Waals surface area contributed by atoms with Crippen LogP contribution in [-0.4, -0.2) is 0 Å². The first-order chi connectivity index (χ1) is 6.93. The van der Waals surface area contributed by atoms with Gasteiger partial charge in [0, 0.05) is 0 Å². The molecule has 3 rings (SSSR count). The minimum atomic E-state index is 0.972. The van der Waals surface area contributed by atoms with Crippen LogP contribution in [0.3, 0.4) is 0 Å². The van der Waals surface area contributed by atoms with Gasteiger partial charge in [-0.2, -0.15) is 0 Å². The highest BCUT2D eigenvalue weighted by Crippen LogP contribution is 2.28. The lowest BCUT2D eigenvalue weighted by atomic mass is 10.0. The van der Waals surface area contributed by atoms with Crippen molar-refractivity contribution in [2.45, 2.75) is 6.42 Å². The Bertz CT molecular complexity index is 465. The predicted octanol–water partition coefficient (Wildman–Crippen LogP) is 3.29. The summed E-state index contributed by atoms with van der Waals surface area (Å²) in [6.45, 7) is 0. The second-order valence-corrected chi connectivity index (χ2v) is 3.50. The first-order valence-electron chi connectivity index (χ1n) is 4.77. The van der Waals surface area contributed by atoms with E-state index >= 15 is 0 Å². The van der Waals surface area contributed by atoms with Crippen LogP contribution in [0, 0.1) is 0 Å². The molecule has 0 N–H and O–H groups in total. The van der Waals surface area contributed by atoms with Crippen LogP contribution in [0.5, 0.6) is 5.75 Å². The highest BCUT2D eigenvalue weighted by atomic mass is 16.5. The summed E-state index contributed by atoms with van der Waals surface area (Å²) in [6, 6.07) is 12.7. The van der Waals surface area contributed by atoms with E-state index in [4.69, 9.17) is 4.74 Å². The summed E-state index contributed by atoms with van der Waals surface area (Å²) in [7, 11) is 0. The number of ether oxygens (including phenoxy) is 1. The van der Waals surface area contributed by atoms with E-state index in [0.717, 1.165) is 12.2 Å². The Kier molecular flexibility index (Phi) is 1.57. The Hall–Kier alpha value is -1.76. The topological polar surface area (TPSA) is 9.23 Å². The van der Waals surface area contributed by atoms with E-state index in [2.05, 4.69) is 30.3 Å². The van der Waals surface area contributed by atoms with Crippen molar-refractivity contribution in [3.05, 3.63) is 54.3 Å². The molecule has 14 heavy (non-hydrogen) atoms. The highest BCUT2D eigenvalue weighted by Gasteiger charge is 2.07. The Balaban J connectivity index is 2.30. The second kappa shape index (κ2) is 2.88. The van der Waals surface area contributed by atoms with Gasteiger partial charge in [-0.15, -0.1) is 0 Å². The van der Waals surface area contributed by atoms with Crippen LogP contribution < -0.4 is 4.74 Å². The molecule has 1 nitrogen and oxygen atoms in total. The summed E-state index contributed by atoms with van der Waals surface area (Å²) in [5, 5.41) is 2.52. The number of hydrogen-bond acceptors (Lipinski definition) is 1. The molecule has 0 radical (unpaired) electrons. The molecule has 0 aromatic heterocycles. The molecule has 0 fully saturated rings. The van der Waals surface area contributed by atoms with Gasteiger partial charge in [-0.3, -0.25) is 0 Å².